The lowest BCUT2D eigenvalue weighted by Gasteiger charge is -2.19. The van der Waals surface area contributed by atoms with Gasteiger partial charge >= 0.3 is 0 Å². The number of halogens is 1. The van der Waals surface area contributed by atoms with Crippen LogP contribution in [0.1, 0.15) is 12.0 Å². The molecule has 2 aliphatic rings. The number of nitriles is 1. The summed E-state index contributed by atoms with van der Waals surface area (Å²) in [6.45, 7) is 1.66. The van der Waals surface area contributed by atoms with Crippen LogP contribution in [-0.4, -0.2) is 47.6 Å². The second-order valence-electron chi connectivity index (χ2n) is 5.37. The van der Waals surface area contributed by atoms with E-state index in [1.807, 2.05) is 28.8 Å². The van der Waals surface area contributed by atoms with Gasteiger partial charge in [-0.3, -0.25) is 4.79 Å². The van der Waals surface area contributed by atoms with Crippen LogP contribution < -0.4 is 10.6 Å². The van der Waals surface area contributed by atoms with E-state index >= 15 is 0 Å². The minimum atomic E-state index is -0.0698. The molecule has 0 aromatic heterocycles. The van der Waals surface area contributed by atoms with E-state index in [1.54, 1.807) is 12.1 Å². The molecule has 0 bridgehead atoms. The summed E-state index contributed by atoms with van der Waals surface area (Å²) in [5, 5.41) is 15.5. The number of nitrogens with one attached hydrogen (secondary N) is 2. The molecule has 2 fully saturated rings. The SMILES string of the molecule is Cl.N#Cc1ccc(N[C@@H]2CN[C@H](C(=O)N3CCSC3)C2)cc1. The molecule has 0 unspecified atom stereocenters. The van der Waals surface area contributed by atoms with E-state index in [-0.39, 0.29) is 30.4 Å². The minimum Gasteiger partial charge on any atom is -0.381 e. The molecule has 2 heterocycles. The molecule has 5 nitrogen and oxygen atoms in total. The van der Waals surface area contributed by atoms with Crippen molar-refractivity contribution >= 4 is 35.8 Å². The van der Waals surface area contributed by atoms with E-state index in [0.29, 0.717) is 5.56 Å². The van der Waals surface area contributed by atoms with Gasteiger partial charge < -0.3 is 15.5 Å². The summed E-state index contributed by atoms with van der Waals surface area (Å²) in [6, 6.07) is 9.71. The number of hydrogen-bond donors (Lipinski definition) is 2. The van der Waals surface area contributed by atoms with Crippen molar-refractivity contribution in [2.24, 2.45) is 0 Å². The molecular formula is C15H19ClN4OS. The third-order valence-electron chi connectivity index (χ3n) is 3.88. The van der Waals surface area contributed by atoms with Gasteiger partial charge in [0, 0.05) is 30.6 Å². The summed E-state index contributed by atoms with van der Waals surface area (Å²) < 4.78 is 0. The minimum absolute atomic E-state index is 0. The van der Waals surface area contributed by atoms with Gasteiger partial charge in [0.05, 0.1) is 23.6 Å². The maximum atomic E-state index is 12.3. The first kappa shape index (κ1) is 16.9. The molecule has 1 aromatic carbocycles. The maximum Gasteiger partial charge on any atom is 0.240 e. The number of nitrogens with zero attached hydrogens (tertiary/aromatic N) is 2. The quantitative estimate of drug-likeness (QED) is 0.877. The van der Waals surface area contributed by atoms with Crippen LogP contribution in [0.4, 0.5) is 5.69 Å². The van der Waals surface area contributed by atoms with Gasteiger partial charge in [-0.05, 0) is 30.7 Å². The van der Waals surface area contributed by atoms with Crippen molar-refractivity contribution in [2.75, 3.05) is 30.0 Å². The molecule has 2 saturated heterocycles. The maximum absolute atomic E-state index is 12.3. The van der Waals surface area contributed by atoms with Crippen LogP contribution in [0, 0.1) is 11.3 Å². The fourth-order valence-corrected chi connectivity index (χ4v) is 3.67. The van der Waals surface area contributed by atoms with Gasteiger partial charge in [-0.25, -0.2) is 0 Å². The summed E-state index contributed by atoms with van der Waals surface area (Å²) >= 11 is 1.81. The number of carbonyl (C=O) groups is 1. The summed E-state index contributed by atoms with van der Waals surface area (Å²) in [5.74, 6) is 2.10. The zero-order chi connectivity index (χ0) is 14.7. The highest BCUT2D eigenvalue weighted by atomic mass is 35.5. The van der Waals surface area contributed by atoms with Crippen molar-refractivity contribution in [3.8, 4) is 6.07 Å². The van der Waals surface area contributed by atoms with Crippen LogP contribution in [0.5, 0.6) is 0 Å². The Morgan fingerprint density at radius 1 is 1.41 bits per heavy atom. The molecule has 22 heavy (non-hydrogen) atoms. The largest absolute Gasteiger partial charge is 0.381 e. The third kappa shape index (κ3) is 3.86. The van der Waals surface area contributed by atoms with Gasteiger partial charge in [0.25, 0.3) is 0 Å². The highest BCUT2D eigenvalue weighted by Crippen LogP contribution is 2.19. The Balaban J connectivity index is 0.00000176. The van der Waals surface area contributed by atoms with E-state index in [4.69, 9.17) is 5.26 Å². The molecule has 2 atom stereocenters. The first-order valence-corrected chi connectivity index (χ1v) is 8.28. The Hall–Kier alpha value is -1.42. The van der Waals surface area contributed by atoms with Gasteiger partial charge in [-0.15, -0.1) is 24.2 Å². The van der Waals surface area contributed by atoms with Crippen molar-refractivity contribution < 1.29 is 4.79 Å². The molecule has 0 aliphatic carbocycles. The number of carbonyl (C=O) groups excluding carboxylic acids is 1. The molecule has 7 heteroatoms. The summed E-state index contributed by atoms with van der Waals surface area (Å²) in [7, 11) is 0. The standard InChI is InChI=1S/C15H18N4OS.ClH/c16-8-11-1-3-12(4-2-11)18-13-7-14(17-9-13)15(20)19-5-6-21-10-19;/h1-4,13-14,17-18H,5-7,9-10H2;1H/t13-,14-;/m0./s1. The monoisotopic (exact) mass is 338 g/mol. The van der Waals surface area contributed by atoms with Gasteiger partial charge in [-0.2, -0.15) is 5.26 Å². The predicted molar refractivity (Wildman–Crippen MR) is 91.3 cm³/mol. The number of amides is 1. The summed E-state index contributed by atoms with van der Waals surface area (Å²) in [5.41, 5.74) is 1.65. The highest BCUT2D eigenvalue weighted by Gasteiger charge is 2.33. The molecule has 0 spiro atoms. The molecule has 1 aromatic rings. The van der Waals surface area contributed by atoms with Crippen molar-refractivity contribution in [1.29, 1.82) is 5.26 Å². The van der Waals surface area contributed by atoms with Crippen LogP contribution >= 0.6 is 24.2 Å². The first-order chi connectivity index (χ1) is 10.3. The first-order valence-electron chi connectivity index (χ1n) is 7.13. The number of benzene rings is 1. The number of rotatable bonds is 3. The molecular weight excluding hydrogens is 320 g/mol. The zero-order valence-corrected chi connectivity index (χ0v) is 13.8. The second-order valence-corrected chi connectivity index (χ2v) is 6.44. The average molecular weight is 339 g/mol. The predicted octanol–water partition coefficient (Wildman–Crippen LogP) is 1.66. The number of thioether (sulfide) groups is 1. The van der Waals surface area contributed by atoms with Gasteiger partial charge in [-0.1, -0.05) is 0 Å². The van der Waals surface area contributed by atoms with Gasteiger partial charge in [0.1, 0.15) is 0 Å². The van der Waals surface area contributed by atoms with E-state index in [1.165, 1.54) is 0 Å². The van der Waals surface area contributed by atoms with E-state index in [0.717, 1.165) is 36.8 Å². The average Bonchev–Trinajstić information content (AvgIpc) is 3.19. The van der Waals surface area contributed by atoms with Crippen molar-refractivity contribution in [3.63, 3.8) is 0 Å². The van der Waals surface area contributed by atoms with E-state index in [2.05, 4.69) is 16.7 Å². The second kappa shape index (κ2) is 7.73. The molecule has 2 N–H and O–H groups in total. The fraction of sp³-hybridized carbons (Fsp3) is 0.467. The van der Waals surface area contributed by atoms with Crippen molar-refractivity contribution in [2.45, 2.75) is 18.5 Å². The Labute approximate surface area is 140 Å². The lowest BCUT2D eigenvalue weighted by molar-refractivity contribution is -0.131. The van der Waals surface area contributed by atoms with Crippen LogP contribution in [0.3, 0.4) is 0 Å². The molecule has 2 aliphatic heterocycles. The third-order valence-corrected chi connectivity index (χ3v) is 4.84. The van der Waals surface area contributed by atoms with Gasteiger partial charge in [0.2, 0.25) is 5.91 Å². The molecule has 3 rings (SSSR count). The fourth-order valence-electron chi connectivity index (χ4n) is 2.72. The highest BCUT2D eigenvalue weighted by molar-refractivity contribution is 7.99. The molecule has 1 amide bonds. The topological polar surface area (TPSA) is 68.2 Å². The zero-order valence-electron chi connectivity index (χ0n) is 12.1. The Morgan fingerprint density at radius 3 is 2.82 bits per heavy atom. The number of anilines is 1. The Bertz CT molecular complexity index is 554. The Kier molecular flexibility index (Phi) is 5.95. The Morgan fingerprint density at radius 2 is 2.18 bits per heavy atom. The van der Waals surface area contributed by atoms with Crippen molar-refractivity contribution in [3.05, 3.63) is 29.8 Å². The smallest absolute Gasteiger partial charge is 0.240 e. The van der Waals surface area contributed by atoms with E-state index in [9.17, 15) is 4.79 Å². The molecule has 118 valence electrons. The number of hydrogen-bond acceptors (Lipinski definition) is 5. The lowest BCUT2D eigenvalue weighted by atomic mass is 10.1. The van der Waals surface area contributed by atoms with Crippen LogP contribution in [0.25, 0.3) is 0 Å². The van der Waals surface area contributed by atoms with Crippen LogP contribution in [0.15, 0.2) is 24.3 Å². The lowest BCUT2D eigenvalue weighted by Crippen LogP contribution is -2.42. The van der Waals surface area contributed by atoms with Crippen molar-refractivity contribution in [1.82, 2.24) is 10.2 Å². The summed E-state index contributed by atoms with van der Waals surface area (Å²) in [6.07, 6.45) is 0.806. The normalized spacial score (nSPS) is 23.7. The van der Waals surface area contributed by atoms with E-state index < -0.39 is 0 Å². The van der Waals surface area contributed by atoms with Gasteiger partial charge in [0.15, 0.2) is 0 Å². The summed E-state index contributed by atoms with van der Waals surface area (Å²) in [4.78, 5) is 14.3. The van der Waals surface area contributed by atoms with Crippen LogP contribution in [0.2, 0.25) is 0 Å². The van der Waals surface area contributed by atoms with Crippen LogP contribution in [-0.2, 0) is 4.79 Å². The molecule has 0 radical (unpaired) electrons. The molecule has 0 saturated carbocycles.